The number of nitriles is 1. The molecule has 0 spiro atoms. The van der Waals surface area contributed by atoms with Gasteiger partial charge in [-0.2, -0.15) is 5.26 Å². The maximum Gasteiger partial charge on any atom is 0.252 e. The second-order valence-electron chi connectivity index (χ2n) is 3.91. The summed E-state index contributed by atoms with van der Waals surface area (Å²) in [4.78, 5) is 11.9. The Morgan fingerprint density at radius 1 is 1.59 bits per heavy atom. The van der Waals surface area contributed by atoms with Gasteiger partial charge < -0.3 is 5.32 Å². The molecule has 1 N–H and O–H groups in total. The number of benzene rings is 1. The van der Waals surface area contributed by atoms with Gasteiger partial charge in [-0.15, -0.1) is 0 Å². The van der Waals surface area contributed by atoms with Crippen molar-refractivity contribution < 1.29 is 4.79 Å². The number of amides is 1. The van der Waals surface area contributed by atoms with Gasteiger partial charge in [-0.05, 0) is 31.0 Å². The molecular formula is C13H15BrN2O. The van der Waals surface area contributed by atoms with Crippen LogP contribution in [0.2, 0.25) is 0 Å². The Morgan fingerprint density at radius 3 is 2.82 bits per heavy atom. The van der Waals surface area contributed by atoms with Gasteiger partial charge in [0, 0.05) is 10.0 Å². The molecule has 0 aliphatic carbocycles. The zero-order chi connectivity index (χ0) is 12.8. The molecule has 1 amide bonds. The van der Waals surface area contributed by atoms with Crippen LogP contribution < -0.4 is 5.32 Å². The van der Waals surface area contributed by atoms with Crippen molar-refractivity contribution >= 4 is 21.8 Å². The summed E-state index contributed by atoms with van der Waals surface area (Å²) in [6, 6.07) is 7.08. The molecule has 17 heavy (non-hydrogen) atoms. The molecule has 1 aromatic carbocycles. The molecular weight excluding hydrogens is 280 g/mol. The molecule has 4 heteroatoms. The lowest BCUT2D eigenvalue weighted by Gasteiger charge is -2.11. The Kier molecular flexibility index (Phi) is 5.17. The highest BCUT2D eigenvalue weighted by molar-refractivity contribution is 9.10. The predicted molar refractivity (Wildman–Crippen MR) is 70.7 cm³/mol. The molecule has 0 saturated carbocycles. The minimum Gasteiger partial charge on any atom is -0.336 e. The molecule has 0 aliphatic heterocycles. The molecule has 1 atom stereocenters. The van der Waals surface area contributed by atoms with E-state index in [1.807, 2.05) is 19.9 Å². The highest BCUT2D eigenvalue weighted by atomic mass is 79.9. The zero-order valence-electron chi connectivity index (χ0n) is 9.96. The summed E-state index contributed by atoms with van der Waals surface area (Å²) in [5.41, 5.74) is 1.64. The smallest absolute Gasteiger partial charge is 0.252 e. The third kappa shape index (κ3) is 3.86. The minimum atomic E-state index is -0.410. The lowest BCUT2D eigenvalue weighted by atomic mass is 10.1. The van der Waals surface area contributed by atoms with Crippen LogP contribution in [0.25, 0.3) is 0 Å². The third-order valence-electron chi connectivity index (χ3n) is 2.47. The minimum absolute atomic E-state index is 0.203. The van der Waals surface area contributed by atoms with Gasteiger partial charge in [-0.3, -0.25) is 4.79 Å². The number of rotatable bonds is 4. The fraction of sp³-hybridized carbons (Fsp3) is 0.385. The van der Waals surface area contributed by atoms with Gasteiger partial charge >= 0.3 is 0 Å². The Bertz CT molecular complexity index is 451. The molecule has 1 aromatic rings. The standard InChI is InChI=1S/C13H15BrN2O/c1-3-4-11(8-15)16-13(17)10-6-5-9(2)12(14)7-10/h5-7,11H,3-4H2,1-2H3,(H,16,17). The molecule has 0 aromatic heterocycles. The van der Waals surface area contributed by atoms with E-state index < -0.39 is 6.04 Å². The number of aryl methyl sites for hydroxylation is 1. The fourth-order valence-corrected chi connectivity index (χ4v) is 1.81. The van der Waals surface area contributed by atoms with Crippen LogP contribution >= 0.6 is 15.9 Å². The fourth-order valence-electron chi connectivity index (χ4n) is 1.43. The zero-order valence-corrected chi connectivity index (χ0v) is 11.5. The molecule has 0 fully saturated rings. The van der Waals surface area contributed by atoms with Crippen molar-refractivity contribution in [1.82, 2.24) is 5.32 Å². The van der Waals surface area contributed by atoms with E-state index in [0.717, 1.165) is 16.5 Å². The average molecular weight is 295 g/mol. The Labute approximate surface area is 110 Å². The number of halogens is 1. The highest BCUT2D eigenvalue weighted by Gasteiger charge is 2.12. The van der Waals surface area contributed by atoms with E-state index in [4.69, 9.17) is 5.26 Å². The van der Waals surface area contributed by atoms with E-state index in [1.54, 1.807) is 12.1 Å². The molecule has 0 heterocycles. The van der Waals surface area contributed by atoms with E-state index in [2.05, 4.69) is 27.3 Å². The molecule has 90 valence electrons. The van der Waals surface area contributed by atoms with Crippen LogP contribution in [0.1, 0.15) is 35.7 Å². The number of nitrogens with one attached hydrogen (secondary N) is 1. The molecule has 0 saturated heterocycles. The van der Waals surface area contributed by atoms with Crippen molar-refractivity contribution in [2.75, 3.05) is 0 Å². The number of nitrogens with zero attached hydrogens (tertiary/aromatic N) is 1. The van der Waals surface area contributed by atoms with Crippen molar-refractivity contribution in [2.24, 2.45) is 0 Å². The molecule has 0 radical (unpaired) electrons. The molecule has 0 aliphatic rings. The molecule has 1 unspecified atom stereocenters. The van der Waals surface area contributed by atoms with Crippen molar-refractivity contribution in [3.63, 3.8) is 0 Å². The summed E-state index contributed by atoms with van der Waals surface area (Å²) in [6.07, 6.45) is 1.55. The molecule has 3 nitrogen and oxygen atoms in total. The number of carbonyl (C=O) groups is 1. The van der Waals surface area contributed by atoms with Crippen LogP contribution in [0.15, 0.2) is 22.7 Å². The topological polar surface area (TPSA) is 52.9 Å². The molecule has 0 bridgehead atoms. The second-order valence-corrected chi connectivity index (χ2v) is 4.76. The maximum atomic E-state index is 11.9. The van der Waals surface area contributed by atoms with E-state index in [9.17, 15) is 4.79 Å². The van der Waals surface area contributed by atoms with Crippen LogP contribution in [-0.4, -0.2) is 11.9 Å². The monoisotopic (exact) mass is 294 g/mol. The van der Waals surface area contributed by atoms with Crippen molar-refractivity contribution in [1.29, 1.82) is 5.26 Å². The van der Waals surface area contributed by atoms with Crippen molar-refractivity contribution in [3.05, 3.63) is 33.8 Å². The van der Waals surface area contributed by atoms with Gasteiger partial charge in [0.05, 0.1) is 6.07 Å². The number of hydrogen-bond donors (Lipinski definition) is 1. The van der Waals surface area contributed by atoms with E-state index in [-0.39, 0.29) is 5.91 Å². The van der Waals surface area contributed by atoms with Crippen LogP contribution in [0.4, 0.5) is 0 Å². The summed E-state index contributed by atoms with van der Waals surface area (Å²) in [5, 5.41) is 11.6. The quantitative estimate of drug-likeness (QED) is 0.927. The lowest BCUT2D eigenvalue weighted by molar-refractivity contribution is 0.0944. The van der Waals surface area contributed by atoms with Gasteiger partial charge in [0.1, 0.15) is 6.04 Å². The average Bonchev–Trinajstić information content (AvgIpc) is 2.31. The lowest BCUT2D eigenvalue weighted by Crippen LogP contribution is -2.33. The van der Waals surface area contributed by atoms with Gasteiger partial charge in [0.2, 0.25) is 0 Å². The maximum absolute atomic E-state index is 11.9. The van der Waals surface area contributed by atoms with Gasteiger partial charge in [-0.1, -0.05) is 35.3 Å². The van der Waals surface area contributed by atoms with E-state index >= 15 is 0 Å². The van der Waals surface area contributed by atoms with Crippen molar-refractivity contribution in [3.8, 4) is 6.07 Å². The Balaban J connectivity index is 2.76. The Morgan fingerprint density at radius 2 is 2.29 bits per heavy atom. The van der Waals surface area contributed by atoms with Crippen LogP contribution in [0.5, 0.6) is 0 Å². The third-order valence-corrected chi connectivity index (χ3v) is 3.33. The SMILES string of the molecule is CCCC(C#N)NC(=O)c1ccc(C)c(Br)c1. The van der Waals surface area contributed by atoms with Gasteiger partial charge in [-0.25, -0.2) is 0 Å². The van der Waals surface area contributed by atoms with Gasteiger partial charge in [0.25, 0.3) is 5.91 Å². The van der Waals surface area contributed by atoms with Gasteiger partial charge in [0.15, 0.2) is 0 Å². The van der Waals surface area contributed by atoms with Crippen LogP contribution in [0.3, 0.4) is 0 Å². The highest BCUT2D eigenvalue weighted by Crippen LogP contribution is 2.17. The van der Waals surface area contributed by atoms with Crippen LogP contribution in [0, 0.1) is 18.3 Å². The number of carbonyl (C=O) groups excluding carboxylic acids is 1. The van der Waals surface area contributed by atoms with E-state index in [0.29, 0.717) is 12.0 Å². The normalized spacial score (nSPS) is 11.6. The largest absolute Gasteiger partial charge is 0.336 e. The first kappa shape index (κ1) is 13.7. The molecule has 1 rings (SSSR count). The van der Waals surface area contributed by atoms with Crippen molar-refractivity contribution in [2.45, 2.75) is 32.7 Å². The first-order chi connectivity index (χ1) is 8.08. The predicted octanol–water partition coefficient (Wildman–Crippen LogP) is 3.18. The summed E-state index contributed by atoms with van der Waals surface area (Å²) in [6.45, 7) is 3.94. The first-order valence-corrected chi connectivity index (χ1v) is 6.34. The first-order valence-electron chi connectivity index (χ1n) is 5.55. The summed E-state index contributed by atoms with van der Waals surface area (Å²) < 4.78 is 0.897. The number of hydrogen-bond acceptors (Lipinski definition) is 2. The second kappa shape index (κ2) is 6.41. The van der Waals surface area contributed by atoms with E-state index in [1.165, 1.54) is 0 Å². The summed E-state index contributed by atoms with van der Waals surface area (Å²) >= 11 is 3.38. The summed E-state index contributed by atoms with van der Waals surface area (Å²) in [5.74, 6) is -0.203. The Hall–Kier alpha value is -1.34. The summed E-state index contributed by atoms with van der Waals surface area (Å²) in [7, 11) is 0. The van der Waals surface area contributed by atoms with Crippen LogP contribution in [-0.2, 0) is 0 Å².